The highest BCUT2D eigenvalue weighted by molar-refractivity contribution is 5.92. The Bertz CT molecular complexity index is 1000. The van der Waals surface area contributed by atoms with E-state index in [0.717, 1.165) is 36.3 Å². The number of carbonyl (C=O) groups is 2. The highest BCUT2D eigenvalue weighted by Gasteiger charge is 2.39. The maximum atomic E-state index is 12.0. The third-order valence-corrected chi connectivity index (χ3v) is 7.04. The molecule has 0 aromatic heterocycles. The van der Waals surface area contributed by atoms with Crippen molar-refractivity contribution < 1.29 is 29.3 Å². The monoisotopic (exact) mass is 496 g/mol. The minimum absolute atomic E-state index is 0.00384. The predicted octanol–water partition coefficient (Wildman–Crippen LogP) is 4.26. The standard InChI is InChI=1S/C28H36N2O6/c1-19-24(17-30-15-3-2-4-16-30)35-28(36-27(19)21-7-5-20(18-31)6-8-21)22-9-11-23(12-10-22)29-25(32)13-14-26(33)34/h5-12,19,24,27-28,31H,2-4,13-18H2,1H3,(H,29,32)(H,33,34). The molecular weight excluding hydrogens is 460 g/mol. The molecule has 4 atom stereocenters. The van der Waals surface area contributed by atoms with E-state index < -0.39 is 12.3 Å². The highest BCUT2D eigenvalue weighted by Crippen LogP contribution is 2.42. The second-order valence-electron chi connectivity index (χ2n) is 9.75. The van der Waals surface area contributed by atoms with Crippen LogP contribution in [-0.4, -0.2) is 52.7 Å². The van der Waals surface area contributed by atoms with Crippen LogP contribution in [0.1, 0.15) is 68.1 Å². The van der Waals surface area contributed by atoms with E-state index in [1.165, 1.54) is 19.3 Å². The lowest BCUT2D eigenvalue weighted by Gasteiger charge is -2.43. The van der Waals surface area contributed by atoms with Crippen molar-refractivity contribution in [1.29, 1.82) is 0 Å². The molecule has 2 heterocycles. The van der Waals surface area contributed by atoms with Gasteiger partial charge in [0.05, 0.1) is 25.2 Å². The summed E-state index contributed by atoms with van der Waals surface area (Å²) in [6.45, 7) is 5.20. The van der Waals surface area contributed by atoms with Crippen LogP contribution in [0.25, 0.3) is 0 Å². The first-order valence-corrected chi connectivity index (χ1v) is 12.8. The number of aliphatic hydroxyl groups is 1. The number of piperidine rings is 1. The van der Waals surface area contributed by atoms with Gasteiger partial charge in [0.1, 0.15) is 0 Å². The van der Waals surface area contributed by atoms with Crippen LogP contribution in [0.4, 0.5) is 5.69 Å². The third-order valence-electron chi connectivity index (χ3n) is 7.04. The number of anilines is 1. The van der Waals surface area contributed by atoms with Crippen molar-refractivity contribution in [3.8, 4) is 0 Å². The lowest BCUT2D eigenvalue weighted by molar-refractivity contribution is -0.276. The fourth-order valence-corrected chi connectivity index (χ4v) is 4.89. The average Bonchev–Trinajstić information content (AvgIpc) is 2.90. The van der Waals surface area contributed by atoms with Gasteiger partial charge < -0.3 is 29.9 Å². The summed E-state index contributed by atoms with van der Waals surface area (Å²) in [6.07, 6.45) is 2.70. The first kappa shape index (κ1) is 26.3. The molecule has 8 heteroatoms. The fraction of sp³-hybridized carbons (Fsp3) is 0.500. The van der Waals surface area contributed by atoms with E-state index in [4.69, 9.17) is 14.6 Å². The second-order valence-corrected chi connectivity index (χ2v) is 9.75. The summed E-state index contributed by atoms with van der Waals surface area (Å²) >= 11 is 0. The summed E-state index contributed by atoms with van der Waals surface area (Å²) in [5, 5.41) is 20.9. The number of hydrogen-bond acceptors (Lipinski definition) is 6. The molecule has 36 heavy (non-hydrogen) atoms. The lowest BCUT2D eigenvalue weighted by Crippen LogP contribution is -2.45. The van der Waals surface area contributed by atoms with Crippen LogP contribution in [0.2, 0.25) is 0 Å². The summed E-state index contributed by atoms with van der Waals surface area (Å²) < 4.78 is 13.0. The van der Waals surface area contributed by atoms with E-state index in [9.17, 15) is 14.7 Å². The molecular formula is C28H36N2O6. The zero-order valence-corrected chi connectivity index (χ0v) is 20.8. The molecule has 2 aromatic rings. The number of aliphatic hydroxyl groups excluding tert-OH is 1. The fourth-order valence-electron chi connectivity index (χ4n) is 4.89. The molecule has 194 valence electrons. The molecule has 2 aromatic carbocycles. The number of likely N-dealkylation sites (tertiary alicyclic amines) is 1. The van der Waals surface area contributed by atoms with Crippen LogP contribution in [0.5, 0.6) is 0 Å². The van der Waals surface area contributed by atoms with Crippen LogP contribution in [0.15, 0.2) is 48.5 Å². The molecule has 0 radical (unpaired) electrons. The molecule has 4 unspecified atom stereocenters. The van der Waals surface area contributed by atoms with Gasteiger partial charge in [0.25, 0.3) is 0 Å². The normalized spacial score (nSPS) is 24.8. The summed E-state index contributed by atoms with van der Waals surface area (Å²) in [5.74, 6) is -1.20. The first-order chi connectivity index (χ1) is 17.4. The number of nitrogens with zero attached hydrogens (tertiary/aromatic N) is 1. The van der Waals surface area contributed by atoms with Crippen molar-refractivity contribution >= 4 is 17.6 Å². The summed E-state index contributed by atoms with van der Waals surface area (Å²) in [7, 11) is 0. The smallest absolute Gasteiger partial charge is 0.303 e. The number of carboxylic acids is 1. The van der Waals surface area contributed by atoms with Gasteiger partial charge in [0.15, 0.2) is 6.29 Å². The zero-order valence-electron chi connectivity index (χ0n) is 20.8. The van der Waals surface area contributed by atoms with Crippen molar-refractivity contribution in [2.75, 3.05) is 25.0 Å². The van der Waals surface area contributed by atoms with Crippen LogP contribution in [0, 0.1) is 5.92 Å². The van der Waals surface area contributed by atoms with Crippen LogP contribution in [-0.2, 0) is 25.7 Å². The van der Waals surface area contributed by atoms with Crippen molar-refractivity contribution in [2.45, 2.75) is 64.1 Å². The highest BCUT2D eigenvalue weighted by atomic mass is 16.7. The Hall–Kier alpha value is -2.78. The van der Waals surface area contributed by atoms with E-state index in [0.29, 0.717) is 5.69 Å². The SMILES string of the molecule is CC1C(CN2CCCCC2)OC(c2ccc(NC(=O)CCC(=O)O)cc2)OC1c1ccc(CO)cc1. The minimum atomic E-state index is -0.999. The summed E-state index contributed by atoms with van der Waals surface area (Å²) in [6, 6.07) is 15.2. The maximum absolute atomic E-state index is 12.0. The third kappa shape index (κ3) is 6.91. The minimum Gasteiger partial charge on any atom is -0.481 e. The average molecular weight is 497 g/mol. The van der Waals surface area contributed by atoms with Crippen molar-refractivity contribution in [3.63, 3.8) is 0 Å². The van der Waals surface area contributed by atoms with Crippen molar-refractivity contribution in [2.24, 2.45) is 5.92 Å². The Labute approximate surface area is 212 Å². The number of nitrogens with one attached hydrogen (secondary N) is 1. The summed E-state index contributed by atoms with van der Waals surface area (Å²) in [4.78, 5) is 25.1. The quantitative estimate of drug-likeness (QED) is 0.476. The Kier molecular flexibility index (Phi) is 9.09. The molecule has 2 aliphatic rings. The van der Waals surface area contributed by atoms with Crippen molar-refractivity contribution in [1.82, 2.24) is 4.90 Å². The Balaban J connectivity index is 1.50. The molecule has 4 rings (SSSR count). The maximum Gasteiger partial charge on any atom is 0.303 e. The molecule has 0 aliphatic carbocycles. The number of ether oxygens (including phenoxy) is 2. The number of carbonyl (C=O) groups excluding carboxylic acids is 1. The number of carboxylic acid groups (broad SMARTS) is 1. The van der Waals surface area contributed by atoms with Gasteiger partial charge in [-0.2, -0.15) is 0 Å². The largest absolute Gasteiger partial charge is 0.481 e. The van der Waals surface area contributed by atoms with E-state index in [2.05, 4.69) is 17.1 Å². The zero-order chi connectivity index (χ0) is 25.5. The topological polar surface area (TPSA) is 108 Å². The first-order valence-electron chi connectivity index (χ1n) is 12.8. The van der Waals surface area contributed by atoms with Gasteiger partial charge in [0.2, 0.25) is 5.91 Å². The molecule has 0 bridgehead atoms. The van der Waals surface area contributed by atoms with E-state index in [-0.39, 0.29) is 43.5 Å². The molecule has 2 saturated heterocycles. The van der Waals surface area contributed by atoms with Crippen molar-refractivity contribution in [3.05, 3.63) is 65.2 Å². The van der Waals surface area contributed by atoms with Gasteiger partial charge in [0, 0.05) is 30.1 Å². The number of amides is 1. The molecule has 0 spiro atoms. The molecule has 1 amide bonds. The van der Waals surface area contributed by atoms with Gasteiger partial charge in [-0.3, -0.25) is 9.59 Å². The number of benzene rings is 2. The van der Waals surface area contributed by atoms with Crippen LogP contribution >= 0.6 is 0 Å². The lowest BCUT2D eigenvalue weighted by atomic mass is 9.89. The van der Waals surface area contributed by atoms with Gasteiger partial charge in [-0.1, -0.05) is 49.7 Å². The van der Waals surface area contributed by atoms with Gasteiger partial charge >= 0.3 is 5.97 Å². The predicted molar refractivity (Wildman–Crippen MR) is 135 cm³/mol. The van der Waals surface area contributed by atoms with E-state index in [1.807, 2.05) is 36.4 Å². The van der Waals surface area contributed by atoms with Crippen LogP contribution in [0.3, 0.4) is 0 Å². The van der Waals surface area contributed by atoms with Crippen LogP contribution < -0.4 is 5.32 Å². The molecule has 2 aliphatic heterocycles. The number of hydrogen-bond donors (Lipinski definition) is 3. The molecule has 3 N–H and O–H groups in total. The Morgan fingerprint density at radius 1 is 0.944 bits per heavy atom. The van der Waals surface area contributed by atoms with Gasteiger partial charge in [-0.15, -0.1) is 0 Å². The van der Waals surface area contributed by atoms with Gasteiger partial charge in [-0.05, 0) is 49.2 Å². The molecule has 8 nitrogen and oxygen atoms in total. The second kappa shape index (κ2) is 12.5. The molecule has 2 fully saturated rings. The number of rotatable bonds is 9. The molecule has 0 saturated carbocycles. The summed E-state index contributed by atoms with van der Waals surface area (Å²) in [5.41, 5.74) is 3.37. The number of aliphatic carboxylic acids is 1. The Morgan fingerprint density at radius 2 is 1.61 bits per heavy atom. The van der Waals surface area contributed by atoms with E-state index in [1.54, 1.807) is 12.1 Å². The van der Waals surface area contributed by atoms with E-state index >= 15 is 0 Å². The Morgan fingerprint density at radius 3 is 2.25 bits per heavy atom. The van der Waals surface area contributed by atoms with Gasteiger partial charge in [-0.25, -0.2) is 0 Å².